The third kappa shape index (κ3) is 2.57. The molecule has 0 spiro atoms. The fourth-order valence-electron chi connectivity index (χ4n) is 1.52. The minimum Gasteiger partial charge on any atom is -0.493 e. The summed E-state index contributed by atoms with van der Waals surface area (Å²) in [5, 5.41) is 0. The zero-order valence-corrected chi connectivity index (χ0v) is 11.3. The summed E-state index contributed by atoms with van der Waals surface area (Å²) in [6, 6.07) is 1.99. The number of nitrogens with two attached hydrogens (primary N) is 1. The van der Waals surface area contributed by atoms with Crippen molar-refractivity contribution < 1.29 is 9.47 Å². The zero-order chi connectivity index (χ0) is 12.1. The van der Waals surface area contributed by atoms with Crippen molar-refractivity contribution in [3.05, 3.63) is 27.7 Å². The number of hydrogen-bond donors (Lipinski definition) is 1. The highest BCUT2D eigenvalue weighted by atomic mass is 79.9. The Hall–Kier alpha value is -1.00. The van der Waals surface area contributed by atoms with Gasteiger partial charge in [-0.15, -0.1) is 0 Å². The van der Waals surface area contributed by atoms with Crippen LogP contribution in [-0.4, -0.2) is 20.8 Å². The molecule has 0 aromatic heterocycles. The average Bonchev–Trinajstić information content (AvgIpc) is 2.29. The van der Waals surface area contributed by atoms with Crippen LogP contribution in [0.1, 0.15) is 11.1 Å². The second kappa shape index (κ2) is 5.92. The van der Waals surface area contributed by atoms with Gasteiger partial charge in [0.2, 0.25) is 0 Å². The molecule has 0 radical (unpaired) electrons. The van der Waals surface area contributed by atoms with E-state index in [-0.39, 0.29) is 0 Å². The largest absolute Gasteiger partial charge is 0.493 e. The van der Waals surface area contributed by atoms with Crippen molar-refractivity contribution >= 4 is 22.0 Å². The van der Waals surface area contributed by atoms with Crippen LogP contribution in [0.2, 0.25) is 0 Å². The minimum atomic E-state index is 0.519. The van der Waals surface area contributed by atoms with E-state index in [1.54, 1.807) is 14.2 Å². The van der Waals surface area contributed by atoms with Gasteiger partial charge >= 0.3 is 0 Å². The van der Waals surface area contributed by atoms with Crippen LogP contribution in [0.5, 0.6) is 11.5 Å². The van der Waals surface area contributed by atoms with E-state index >= 15 is 0 Å². The number of benzene rings is 1. The summed E-state index contributed by atoms with van der Waals surface area (Å²) < 4.78 is 11.5. The van der Waals surface area contributed by atoms with Gasteiger partial charge in [0.25, 0.3) is 0 Å². The van der Waals surface area contributed by atoms with Gasteiger partial charge in [0.05, 0.1) is 18.7 Å². The molecule has 0 fully saturated rings. The van der Waals surface area contributed by atoms with Crippen LogP contribution in [0, 0.1) is 6.92 Å². The number of halogens is 1. The molecule has 1 rings (SSSR count). The minimum absolute atomic E-state index is 0.519. The Labute approximate surface area is 104 Å². The fraction of sp³-hybridized carbons (Fsp3) is 0.333. The monoisotopic (exact) mass is 285 g/mol. The molecule has 3 nitrogen and oxygen atoms in total. The predicted octanol–water partition coefficient (Wildman–Crippen LogP) is 2.75. The van der Waals surface area contributed by atoms with Gasteiger partial charge in [-0.3, -0.25) is 0 Å². The molecule has 0 amide bonds. The quantitative estimate of drug-likeness (QED) is 0.925. The van der Waals surface area contributed by atoms with Crippen molar-refractivity contribution in [2.75, 3.05) is 20.8 Å². The van der Waals surface area contributed by atoms with Crippen LogP contribution in [-0.2, 0) is 0 Å². The average molecular weight is 286 g/mol. The summed E-state index contributed by atoms with van der Waals surface area (Å²) in [5.41, 5.74) is 7.54. The molecule has 2 N–H and O–H groups in total. The number of hydrogen-bond acceptors (Lipinski definition) is 3. The van der Waals surface area contributed by atoms with Crippen LogP contribution in [0.4, 0.5) is 0 Å². The molecule has 1 aromatic rings. The third-order valence-corrected chi connectivity index (χ3v) is 2.91. The lowest BCUT2D eigenvalue weighted by molar-refractivity contribution is 0.351. The van der Waals surface area contributed by atoms with Gasteiger partial charge in [-0.2, -0.15) is 0 Å². The van der Waals surface area contributed by atoms with Crippen molar-refractivity contribution in [1.29, 1.82) is 0 Å². The van der Waals surface area contributed by atoms with Gasteiger partial charge in [-0.05, 0) is 34.5 Å². The molecule has 0 aliphatic rings. The molecule has 88 valence electrons. The lowest BCUT2D eigenvalue weighted by Crippen LogP contribution is -1.97. The molecule has 16 heavy (non-hydrogen) atoms. The van der Waals surface area contributed by atoms with Crippen molar-refractivity contribution in [3.63, 3.8) is 0 Å². The van der Waals surface area contributed by atoms with Crippen LogP contribution >= 0.6 is 15.9 Å². The Morgan fingerprint density at radius 3 is 2.44 bits per heavy atom. The normalized spacial score (nSPS) is 10.8. The van der Waals surface area contributed by atoms with E-state index in [1.165, 1.54) is 0 Å². The Bertz CT molecular complexity index is 402. The smallest absolute Gasteiger partial charge is 0.175 e. The zero-order valence-electron chi connectivity index (χ0n) is 9.71. The first-order valence-corrected chi connectivity index (χ1v) is 5.72. The summed E-state index contributed by atoms with van der Waals surface area (Å²) in [6.07, 6.45) is 3.88. The van der Waals surface area contributed by atoms with Crippen LogP contribution in [0.15, 0.2) is 16.6 Å². The van der Waals surface area contributed by atoms with Crippen LogP contribution < -0.4 is 15.2 Å². The maximum atomic E-state index is 5.44. The summed E-state index contributed by atoms with van der Waals surface area (Å²) in [7, 11) is 3.26. The van der Waals surface area contributed by atoms with Gasteiger partial charge in [0.15, 0.2) is 11.5 Å². The van der Waals surface area contributed by atoms with Crippen LogP contribution in [0.25, 0.3) is 6.08 Å². The Kier molecular flexibility index (Phi) is 4.83. The maximum Gasteiger partial charge on any atom is 0.175 e. The summed E-state index contributed by atoms with van der Waals surface area (Å²) in [4.78, 5) is 0. The highest BCUT2D eigenvalue weighted by molar-refractivity contribution is 9.10. The van der Waals surface area contributed by atoms with E-state index < -0.39 is 0 Å². The summed E-state index contributed by atoms with van der Waals surface area (Å²) in [6.45, 7) is 2.51. The molecule has 4 heteroatoms. The van der Waals surface area contributed by atoms with Crippen molar-refractivity contribution in [3.8, 4) is 11.5 Å². The predicted molar refractivity (Wildman–Crippen MR) is 70.1 cm³/mol. The molecule has 0 unspecified atom stereocenters. The molecular formula is C12H16BrNO2. The number of methoxy groups -OCH3 is 2. The van der Waals surface area contributed by atoms with E-state index in [0.29, 0.717) is 12.3 Å². The van der Waals surface area contributed by atoms with Crippen LogP contribution in [0.3, 0.4) is 0 Å². The summed E-state index contributed by atoms with van der Waals surface area (Å²) in [5.74, 6) is 1.46. The Balaban J connectivity index is 3.34. The van der Waals surface area contributed by atoms with Crippen molar-refractivity contribution in [2.45, 2.75) is 6.92 Å². The van der Waals surface area contributed by atoms with Crippen molar-refractivity contribution in [1.82, 2.24) is 0 Å². The highest BCUT2D eigenvalue weighted by Gasteiger charge is 2.14. The standard InChI is InChI=1S/C12H16BrNO2/c1-8-9(5-4-6-14)7-10(13)12(16-3)11(8)15-2/h4-5,7H,6,14H2,1-3H3/b5-4+. The lowest BCUT2D eigenvalue weighted by atomic mass is 10.1. The van der Waals surface area contributed by atoms with E-state index in [1.807, 2.05) is 25.1 Å². The molecule has 0 bridgehead atoms. The molecule has 0 atom stereocenters. The topological polar surface area (TPSA) is 44.5 Å². The van der Waals surface area contributed by atoms with Gasteiger partial charge in [0.1, 0.15) is 0 Å². The SMILES string of the molecule is COc1c(Br)cc(/C=C/CN)c(C)c1OC. The highest BCUT2D eigenvalue weighted by Crippen LogP contribution is 2.40. The fourth-order valence-corrected chi connectivity index (χ4v) is 2.11. The first-order chi connectivity index (χ1) is 7.65. The molecule has 0 saturated carbocycles. The van der Waals surface area contributed by atoms with E-state index in [4.69, 9.17) is 15.2 Å². The molecule has 0 aliphatic carbocycles. The van der Waals surface area contributed by atoms with E-state index in [0.717, 1.165) is 21.3 Å². The van der Waals surface area contributed by atoms with Gasteiger partial charge in [-0.25, -0.2) is 0 Å². The molecular weight excluding hydrogens is 270 g/mol. The molecule has 0 heterocycles. The number of rotatable bonds is 4. The van der Waals surface area contributed by atoms with Gasteiger partial charge in [0, 0.05) is 12.1 Å². The number of ether oxygens (including phenoxy) is 2. The van der Waals surface area contributed by atoms with E-state index in [2.05, 4.69) is 15.9 Å². The maximum absolute atomic E-state index is 5.44. The Morgan fingerprint density at radius 1 is 1.31 bits per heavy atom. The van der Waals surface area contributed by atoms with Gasteiger partial charge < -0.3 is 15.2 Å². The second-order valence-corrected chi connectivity index (χ2v) is 4.13. The molecule has 0 saturated heterocycles. The van der Waals surface area contributed by atoms with Gasteiger partial charge in [-0.1, -0.05) is 12.2 Å². The second-order valence-electron chi connectivity index (χ2n) is 3.28. The first kappa shape index (κ1) is 13.1. The van der Waals surface area contributed by atoms with E-state index in [9.17, 15) is 0 Å². The lowest BCUT2D eigenvalue weighted by Gasteiger charge is -2.14. The Morgan fingerprint density at radius 2 is 1.94 bits per heavy atom. The summed E-state index contributed by atoms with van der Waals surface area (Å²) >= 11 is 3.45. The van der Waals surface area contributed by atoms with Crippen molar-refractivity contribution in [2.24, 2.45) is 5.73 Å². The third-order valence-electron chi connectivity index (χ3n) is 2.32. The molecule has 0 aliphatic heterocycles. The first-order valence-electron chi connectivity index (χ1n) is 4.93. The molecule has 1 aromatic carbocycles.